The summed E-state index contributed by atoms with van der Waals surface area (Å²) in [4.78, 5) is 24.1. The number of nitrogens with zero attached hydrogens (tertiary/aromatic N) is 2. The van der Waals surface area contributed by atoms with Gasteiger partial charge in [0.1, 0.15) is 0 Å². The Kier molecular flexibility index (Phi) is 5.73. The summed E-state index contributed by atoms with van der Waals surface area (Å²) in [7, 11) is 1.80. The number of anilines is 1. The molecule has 0 aliphatic heterocycles. The molecule has 0 unspecified atom stereocenters. The predicted molar refractivity (Wildman–Crippen MR) is 93.7 cm³/mol. The molecule has 1 aromatic carbocycles. The molecule has 2 rings (SSSR count). The fourth-order valence-corrected chi connectivity index (χ4v) is 2.51. The largest absolute Gasteiger partial charge is 0.345 e. The van der Waals surface area contributed by atoms with Crippen molar-refractivity contribution < 1.29 is 9.59 Å². The summed E-state index contributed by atoms with van der Waals surface area (Å²) in [5, 5.41) is 9.60. The molecule has 1 heterocycles. The van der Waals surface area contributed by atoms with Crippen LogP contribution < -0.4 is 10.6 Å². The van der Waals surface area contributed by atoms with Crippen LogP contribution >= 0.6 is 0 Å². The maximum Gasteiger partial charge on any atom is 0.313 e. The van der Waals surface area contributed by atoms with E-state index in [1.54, 1.807) is 18.7 Å². The van der Waals surface area contributed by atoms with Crippen molar-refractivity contribution in [2.75, 3.05) is 5.32 Å². The summed E-state index contributed by atoms with van der Waals surface area (Å²) in [6.45, 7) is 5.54. The lowest BCUT2D eigenvalue weighted by molar-refractivity contribution is -0.136. The molecule has 0 bridgehead atoms. The van der Waals surface area contributed by atoms with E-state index in [4.69, 9.17) is 0 Å². The standard InChI is InChI=1S/C18H24N4O2/c1-12(10-11-15-8-6-5-7-9-15)19-17(23)18(24)20-16-13(2)21-22(4)14(16)3/h5-9,12H,10-11H2,1-4H3,(H,19,23)(H,20,24)/t12-/m0/s1. The molecule has 2 N–H and O–H groups in total. The first-order valence-corrected chi connectivity index (χ1v) is 8.04. The molecule has 0 radical (unpaired) electrons. The Bertz CT molecular complexity index is 722. The minimum atomic E-state index is -0.666. The van der Waals surface area contributed by atoms with Crippen LogP contribution in [0.1, 0.15) is 30.3 Å². The van der Waals surface area contributed by atoms with Crippen LogP contribution in [0.4, 0.5) is 5.69 Å². The summed E-state index contributed by atoms with van der Waals surface area (Å²) in [6.07, 6.45) is 1.62. The Balaban J connectivity index is 1.86. The minimum Gasteiger partial charge on any atom is -0.345 e. The zero-order valence-electron chi connectivity index (χ0n) is 14.6. The Labute approximate surface area is 142 Å². The summed E-state index contributed by atoms with van der Waals surface area (Å²) in [6, 6.07) is 9.97. The van der Waals surface area contributed by atoms with Crippen LogP contribution in [-0.4, -0.2) is 27.6 Å². The van der Waals surface area contributed by atoms with Gasteiger partial charge in [-0.1, -0.05) is 30.3 Å². The molecule has 0 saturated heterocycles. The minimum absolute atomic E-state index is 0.0838. The summed E-state index contributed by atoms with van der Waals surface area (Å²) < 4.78 is 1.67. The number of aromatic nitrogens is 2. The van der Waals surface area contributed by atoms with Gasteiger partial charge >= 0.3 is 11.8 Å². The number of hydrogen-bond acceptors (Lipinski definition) is 3. The van der Waals surface area contributed by atoms with Crippen LogP contribution in [0, 0.1) is 13.8 Å². The van der Waals surface area contributed by atoms with Crippen LogP contribution in [-0.2, 0) is 23.1 Å². The lowest BCUT2D eigenvalue weighted by Gasteiger charge is -2.14. The molecule has 0 saturated carbocycles. The molecule has 2 amide bonds. The van der Waals surface area contributed by atoms with Gasteiger partial charge in [-0.25, -0.2) is 0 Å². The molecule has 24 heavy (non-hydrogen) atoms. The Morgan fingerprint density at radius 1 is 1.17 bits per heavy atom. The summed E-state index contributed by atoms with van der Waals surface area (Å²) >= 11 is 0. The van der Waals surface area contributed by atoms with E-state index in [9.17, 15) is 9.59 Å². The monoisotopic (exact) mass is 328 g/mol. The molecule has 1 aromatic heterocycles. The number of benzene rings is 1. The first-order valence-electron chi connectivity index (χ1n) is 8.04. The van der Waals surface area contributed by atoms with Crippen molar-refractivity contribution in [2.45, 2.75) is 39.7 Å². The van der Waals surface area contributed by atoms with Gasteiger partial charge in [0, 0.05) is 13.1 Å². The molecular formula is C18H24N4O2. The van der Waals surface area contributed by atoms with Crippen LogP contribution in [0.2, 0.25) is 0 Å². The van der Waals surface area contributed by atoms with Crippen molar-refractivity contribution in [3.05, 3.63) is 47.3 Å². The van der Waals surface area contributed by atoms with Gasteiger partial charge in [-0.05, 0) is 39.2 Å². The third-order valence-electron chi connectivity index (χ3n) is 4.04. The van der Waals surface area contributed by atoms with E-state index < -0.39 is 11.8 Å². The maximum atomic E-state index is 12.1. The average Bonchev–Trinajstić information content (AvgIpc) is 2.80. The molecule has 0 fully saturated rings. The highest BCUT2D eigenvalue weighted by Gasteiger charge is 2.19. The highest BCUT2D eigenvalue weighted by atomic mass is 16.2. The zero-order chi connectivity index (χ0) is 17.7. The highest BCUT2D eigenvalue weighted by molar-refractivity contribution is 6.39. The third-order valence-corrected chi connectivity index (χ3v) is 4.04. The lowest BCUT2D eigenvalue weighted by atomic mass is 10.1. The van der Waals surface area contributed by atoms with E-state index in [1.165, 1.54) is 5.56 Å². The number of aryl methyl sites for hydroxylation is 3. The first-order chi connectivity index (χ1) is 11.4. The molecular weight excluding hydrogens is 304 g/mol. The Morgan fingerprint density at radius 3 is 2.42 bits per heavy atom. The molecule has 0 aliphatic carbocycles. The van der Waals surface area contributed by atoms with E-state index in [0.29, 0.717) is 11.4 Å². The van der Waals surface area contributed by atoms with Gasteiger partial charge < -0.3 is 10.6 Å². The lowest BCUT2D eigenvalue weighted by Crippen LogP contribution is -2.40. The second-order valence-electron chi connectivity index (χ2n) is 6.02. The van der Waals surface area contributed by atoms with Crippen molar-refractivity contribution in [1.82, 2.24) is 15.1 Å². The number of hydrogen-bond donors (Lipinski definition) is 2. The van der Waals surface area contributed by atoms with Crippen molar-refractivity contribution in [1.29, 1.82) is 0 Å². The molecule has 0 spiro atoms. The summed E-state index contributed by atoms with van der Waals surface area (Å²) in [5.41, 5.74) is 3.30. The van der Waals surface area contributed by atoms with Gasteiger partial charge in [-0.2, -0.15) is 5.10 Å². The summed E-state index contributed by atoms with van der Waals surface area (Å²) in [5.74, 6) is -1.29. The predicted octanol–water partition coefficient (Wildman–Crippen LogP) is 2.11. The van der Waals surface area contributed by atoms with Crippen LogP contribution in [0.15, 0.2) is 30.3 Å². The van der Waals surface area contributed by atoms with E-state index in [1.807, 2.05) is 32.0 Å². The third kappa shape index (κ3) is 4.44. The maximum absolute atomic E-state index is 12.1. The van der Waals surface area contributed by atoms with E-state index in [2.05, 4.69) is 27.9 Å². The number of amides is 2. The number of carbonyl (C=O) groups excluding carboxylic acids is 2. The quantitative estimate of drug-likeness (QED) is 0.826. The van der Waals surface area contributed by atoms with Gasteiger partial charge in [0.2, 0.25) is 0 Å². The molecule has 128 valence electrons. The van der Waals surface area contributed by atoms with Gasteiger partial charge in [0.05, 0.1) is 17.1 Å². The van der Waals surface area contributed by atoms with Crippen molar-refractivity contribution in [2.24, 2.45) is 7.05 Å². The van der Waals surface area contributed by atoms with Crippen molar-refractivity contribution >= 4 is 17.5 Å². The number of rotatable bonds is 5. The molecule has 6 nitrogen and oxygen atoms in total. The second kappa shape index (κ2) is 7.77. The fraction of sp³-hybridized carbons (Fsp3) is 0.389. The normalized spacial score (nSPS) is 11.8. The van der Waals surface area contributed by atoms with Crippen LogP contribution in [0.25, 0.3) is 0 Å². The number of nitrogens with one attached hydrogen (secondary N) is 2. The van der Waals surface area contributed by atoms with Crippen molar-refractivity contribution in [3.63, 3.8) is 0 Å². The van der Waals surface area contributed by atoms with Crippen molar-refractivity contribution in [3.8, 4) is 0 Å². The first kappa shape index (κ1) is 17.7. The Hall–Kier alpha value is -2.63. The SMILES string of the molecule is Cc1nn(C)c(C)c1NC(=O)C(=O)N[C@@H](C)CCc1ccccc1. The van der Waals surface area contributed by atoms with Gasteiger partial charge in [0.15, 0.2) is 0 Å². The highest BCUT2D eigenvalue weighted by Crippen LogP contribution is 2.18. The molecule has 0 aliphatic rings. The van der Waals surface area contributed by atoms with Gasteiger partial charge in [0.25, 0.3) is 0 Å². The number of carbonyl (C=O) groups is 2. The second-order valence-corrected chi connectivity index (χ2v) is 6.02. The Morgan fingerprint density at radius 2 is 1.83 bits per heavy atom. The zero-order valence-corrected chi connectivity index (χ0v) is 14.6. The molecule has 1 atom stereocenters. The molecule has 6 heteroatoms. The van der Waals surface area contributed by atoms with Gasteiger partial charge in [-0.15, -0.1) is 0 Å². The molecule has 2 aromatic rings. The van der Waals surface area contributed by atoms with Crippen LogP contribution in [0.3, 0.4) is 0 Å². The topological polar surface area (TPSA) is 76.0 Å². The fourth-order valence-electron chi connectivity index (χ4n) is 2.51. The smallest absolute Gasteiger partial charge is 0.313 e. The van der Waals surface area contributed by atoms with Gasteiger partial charge in [-0.3, -0.25) is 14.3 Å². The van der Waals surface area contributed by atoms with E-state index >= 15 is 0 Å². The average molecular weight is 328 g/mol. The van der Waals surface area contributed by atoms with E-state index in [0.717, 1.165) is 18.5 Å². The van der Waals surface area contributed by atoms with Crippen LogP contribution in [0.5, 0.6) is 0 Å². The van der Waals surface area contributed by atoms with E-state index in [-0.39, 0.29) is 6.04 Å².